The Balaban J connectivity index is 1.34. The van der Waals surface area contributed by atoms with E-state index in [1.165, 1.54) is 11.3 Å². The van der Waals surface area contributed by atoms with Crippen LogP contribution in [0.25, 0.3) is 22.2 Å². The molecule has 3 heterocycles. The van der Waals surface area contributed by atoms with Gasteiger partial charge in [-0.1, -0.05) is 54.4 Å². The predicted octanol–water partition coefficient (Wildman–Crippen LogP) is 6.62. The van der Waals surface area contributed by atoms with Gasteiger partial charge in [0, 0.05) is 47.1 Å². The fourth-order valence-electron chi connectivity index (χ4n) is 4.59. The highest BCUT2D eigenvalue weighted by Crippen LogP contribution is 2.31. The number of hydrogen-bond donors (Lipinski definition) is 1. The number of nitrogens with one attached hydrogen (secondary N) is 1. The molecule has 38 heavy (non-hydrogen) atoms. The first-order valence-corrected chi connectivity index (χ1v) is 14.0. The number of benzene rings is 2. The van der Waals surface area contributed by atoms with Crippen molar-refractivity contribution in [3.8, 4) is 11.3 Å². The molecule has 1 amide bonds. The Bertz CT molecular complexity index is 1520. The quantitative estimate of drug-likeness (QED) is 0.252. The van der Waals surface area contributed by atoms with Crippen molar-refractivity contribution in [3.05, 3.63) is 74.7 Å². The number of aromatic nitrogens is 2. The lowest BCUT2D eigenvalue weighted by Crippen LogP contribution is -2.34. The van der Waals surface area contributed by atoms with E-state index in [-0.39, 0.29) is 0 Å². The van der Waals surface area contributed by atoms with Crippen LogP contribution in [0, 0.1) is 0 Å². The zero-order valence-electron chi connectivity index (χ0n) is 21.0. The van der Waals surface area contributed by atoms with E-state index in [9.17, 15) is 9.59 Å². The Kier molecular flexibility index (Phi) is 7.95. The highest BCUT2D eigenvalue weighted by Gasteiger charge is 2.28. The van der Waals surface area contributed by atoms with Crippen molar-refractivity contribution in [3.63, 3.8) is 0 Å². The molecule has 0 spiro atoms. The van der Waals surface area contributed by atoms with Crippen LogP contribution in [0.2, 0.25) is 10.0 Å². The second-order valence-corrected chi connectivity index (χ2v) is 10.8. The molecule has 0 saturated carbocycles. The molecular weight excluding hydrogens is 543 g/mol. The number of ether oxygens (including phenoxy) is 1. The summed E-state index contributed by atoms with van der Waals surface area (Å²) in [5.74, 6) is -0.996. The molecule has 0 bridgehead atoms. The zero-order valence-corrected chi connectivity index (χ0v) is 23.3. The lowest BCUT2D eigenvalue weighted by molar-refractivity contribution is -0.123. The molecule has 1 atom stereocenters. The molecule has 196 valence electrons. The van der Waals surface area contributed by atoms with E-state index >= 15 is 0 Å². The first kappa shape index (κ1) is 26.6. The monoisotopic (exact) mass is 568 g/mol. The van der Waals surface area contributed by atoms with Gasteiger partial charge in [-0.2, -0.15) is 0 Å². The van der Waals surface area contributed by atoms with Crippen LogP contribution in [0.1, 0.15) is 41.9 Å². The van der Waals surface area contributed by atoms with Crippen molar-refractivity contribution >= 4 is 62.4 Å². The molecule has 0 fully saturated rings. The number of para-hydroxylation sites is 1. The highest BCUT2D eigenvalue weighted by molar-refractivity contribution is 7.14. The van der Waals surface area contributed by atoms with Crippen LogP contribution >= 0.6 is 34.5 Å². The second-order valence-electron chi connectivity index (χ2n) is 9.16. The van der Waals surface area contributed by atoms with Crippen LogP contribution in [0.15, 0.2) is 47.8 Å². The molecule has 1 aliphatic rings. The highest BCUT2D eigenvalue weighted by atomic mass is 35.5. The summed E-state index contributed by atoms with van der Waals surface area (Å²) < 4.78 is 5.71. The number of anilines is 1. The fraction of sp³-hybridized carbons (Fsp3) is 0.286. The van der Waals surface area contributed by atoms with Crippen LogP contribution in [0.4, 0.5) is 5.13 Å². The number of amides is 1. The molecule has 2 aromatic heterocycles. The van der Waals surface area contributed by atoms with Gasteiger partial charge in [0.1, 0.15) is 0 Å². The van der Waals surface area contributed by atoms with E-state index in [0.29, 0.717) is 33.0 Å². The summed E-state index contributed by atoms with van der Waals surface area (Å²) in [5, 5.41) is 6.56. The Hall–Kier alpha value is -3.04. The number of rotatable bonds is 7. The number of thiazole rings is 1. The largest absolute Gasteiger partial charge is 0.449 e. The molecule has 0 saturated heterocycles. The van der Waals surface area contributed by atoms with Gasteiger partial charge in [0.15, 0.2) is 11.2 Å². The molecule has 10 heteroatoms. The SMILES string of the molecule is CCCN1CCc2nc3ccccc3c(C(=O)OC(C)C(=O)Nc3nc(-c4ccc(Cl)c(Cl)c4)cs3)c2C1. The van der Waals surface area contributed by atoms with Gasteiger partial charge in [0.25, 0.3) is 5.91 Å². The van der Waals surface area contributed by atoms with Crippen molar-refractivity contribution in [2.24, 2.45) is 0 Å². The van der Waals surface area contributed by atoms with E-state index < -0.39 is 18.0 Å². The summed E-state index contributed by atoms with van der Waals surface area (Å²) in [7, 11) is 0. The van der Waals surface area contributed by atoms with E-state index in [0.717, 1.165) is 53.7 Å². The standard InChI is InChI=1S/C28H26Cl2N4O3S/c1-3-11-34-12-10-23-19(14-34)25(18-6-4-5-7-22(18)31-23)27(36)37-16(2)26(35)33-28-32-24(15-38-28)17-8-9-20(29)21(30)13-17/h4-9,13,15-16H,3,10-12,14H2,1-2H3,(H,32,33,35). The van der Waals surface area contributed by atoms with E-state index in [1.54, 1.807) is 25.1 Å². The Morgan fingerprint density at radius 2 is 1.97 bits per heavy atom. The predicted molar refractivity (Wildman–Crippen MR) is 152 cm³/mol. The maximum absolute atomic E-state index is 13.5. The van der Waals surface area contributed by atoms with Gasteiger partial charge in [0.2, 0.25) is 0 Å². The summed E-state index contributed by atoms with van der Waals surface area (Å²) in [6.45, 7) is 6.16. The average Bonchev–Trinajstić information content (AvgIpc) is 3.37. The molecule has 7 nitrogen and oxygen atoms in total. The zero-order chi connectivity index (χ0) is 26.8. The molecule has 1 aliphatic heterocycles. The number of esters is 1. The Morgan fingerprint density at radius 1 is 1.16 bits per heavy atom. The number of pyridine rings is 1. The molecule has 1 N–H and O–H groups in total. The van der Waals surface area contributed by atoms with Gasteiger partial charge in [-0.25, -0.2) is 9.78 Å². The van der Waals surface area contributed by atoms with Gasteiger partial charge in [0.05, 0.1) is 26.8 Å². The van der Waals surface area contributed by atoms with Crippen molar-refractivity contribution < 1.29 is 14.3 Å². The molecule has 5 rings (SSSR count). The normalized spacial score (nSPS) is 14.2. The third kappa shape index (κ3) is 5.54. The number of hydrogen-bond acceptors (Lipinski definition) is 7. The number of halogens is 2. The third-order valence-corrected chi connectivity index (χ3v) is 7.97. The van der Waals surface area contributed by atoms with Crippen molar-refractivity contribution in [1.82, 2.24) is 14.9 Å². The van der Waals surface area contributed by atoms with Gasteiger partial charge < -0.3 is 4.74 Å². The van der Waals surface area contributed by atoms with Crippen molar-refractivity contribution in [2.75, 3.05) is 18.4 Å². The number of carbonyl (C=O) groups excluding carboxylic acids is 2. The topological polar surface area (TPSA) is 84.4 Å². The van der Waals surface area contributed by atoms with Crippen LogP contribution in [0.3, 0.4) is 0 Å². The molecule has 0 radical (unpaired) electrons. The van der Waals surface area contributed by atoms with Gasteiger partial charge in [-0.3, -0.25) is 20.0 Å². The maximum Gasteiger partial charge on any atom is 0.339 e. The second kappa shape index (κ2) is 11.4. The van der Waals surface area contributed by atoms with Crippen LogP contribution in [0.5, 0.6) is 0 Å². The minimum absolute atomic E-state index is 0.390. The summed E-state index contributed by atoms with van der Waals surface area (Å²) in [4.78, 5) is 38.1. The van der Waals surface area contributed by atoms with Crippen molar-refractivity contribution in [2.45, 2.75) is 39.3 Å². The van der Waals surface area contributed by atoms with Gasteiger partial charge in [-0.15, -0.1) is 11.3 Å². The van der Waals surface area contributed by atoms with Crippen LogP contribution in [-0.4, -0.2) is 45.9 Å². The smallest absolute Gasteiger partial charge is 0.339 e. The average molecular weight is 570 g/mol. The fourth-order valence-corrected chi connectivity index (χ4v) is 5.61. The number of fused-ring (bicyclic) bond motifs is 2. The minimum Gasteiger partial charge on any atom is -0.449 e. The molecular formula is C28H26Cl2N4O3S. The van der Waals surface area contributed by atoms with E-state index in [2.05, 4.69) is 22.1 Å². The summed E-state index contributed by atoms with van der Waals surface area (Å²) >= 11 is 13.4. The Labute approximate surface area is 234 Å². The minimum atomic E-state index is -1.03. The lowest BCUT2D eigenvalue weighted by atomic mass is 9.95. The third-order valence-electron chi connectivity index (χ3n) is 6.47. The molecule has 1 unspecified atom stereocenters. The van der Waals surface area contributed by atoms with E-state index in [4.69, 9.17) is 32.9 Å². The first-order chi connectivity index (χ1) is 18.3. The molecule has 2 aromatic carbocycles. The summed E-state index contributed by atoms with van der Waals surface area (Å²) in [5.41, 5.74) is 4.46. The first-order valence-electron chi connectivity index (χ1n) is 12.4. The summed E-state index contributed by atoms with van der Waals surface area (Å²) in [6.07, 6.45) is 0.760. The van der Waals surface area contributed by atoms with E-state index in [1.807, 2.05) is 29.6 Å². The van der Waals surface area contributed by atoms with Crippen LogP contribution < -0.4 is 5.32 Å². The van der Waals surface area contributed by atoms with Crippen LogP contribution in [-0.2, 0) is 22.5 Å². The maximum atomic E-state index is 13.5. The Morgan fingerprint density at radius 3 is 2.76 bits per heavy atom. The lowest BCUT2D eigenvalue weighted by Gasteiger charge is -2.29. The molecule has 0 aliphatic carbocycles. The molecule has 4 aromatic rings. The number of carbonyl (C=O) groups is 2. The van der Waals surface area contributed by atoms with Gasteiger partial charge in [-0.05, 0) is 38.1 Å². The van der Waals surface area contributed by atoms with Crippen molar-refractivity contribution in [1.29, 1.82) is 0 Å². The summed E-state index contributed by atoms with van der Waals surface area (Å²) in [6, 6.07) is 12.8. The number of nitrogens with zero attached hydrogens (tertiary/aromatic N) is 3. The van der Waals surface area contributed by atoms with Gasteiger partial charge >= 0.3 is 5.97 Å².